The van der Waals surface area contributed by atoms with Gasteiger partial charge in [0.1, 0.15) is 0 Å². The normalized spacial score (nSPS) is 11.0. The molecule has 4 nitrogen and oxygen atoms in total. The summed E-state index contributed by atoms with van der Waals surface area (Å²) in [7, 11) is 0. The van der Waals surface area contributed by atoms with Gasteiger partial charge in [-0.3, -0.25) is 0 Å². The highest BCUT2D eigenvalue weighted by Gasteiger charge is 2.24. The van der Waals surface area contributed by atoms with Crippen molar-refractivity contribution >= 4 is 100 Å². The van der Waals surface area contributed by atoms with Crippen LogP contribution in [0.5, 0.6) is 0 Å². The minimum Gasteiger partial charge on any atom is -0.310 e. The number of para-hydroxylation sites is 2. The van der Waals surface area contributed by atoms with Gasteiger partial charge in [-0.05, 0) is 339 Å². The number of anilines is 12. The fourth-order valence-corrected chi connectivity index (χ4v) is 16.4. The fourth-order valence-electron chi connectivity index (χ4n) is 15.9. The molecule has 0 aliphatic carbocycles. The molecule has 0 saturated heterocycles. The Morgan fingerprint density at radius 1 is 0.123 bits per heavy atom. The van der Waals surface area contributed by atoms with Crippen molar-refractivity contribution in [1.82, 2.24) is 0 Å². The molecule has 0 saturated carbocycles. The lowest BCUT2D eigenvalue weighted by molar-refractivity contribution is 1.25. The summed E-state index contributed by atoms with van der Waals surface area (Å²) in [6, 6.07) is 155. The molecule has 6 heteroatoms. The third-order valence-electron chi connectivity index (χ3n) is 22.7. The van der Waals surface area contributed by atoms with Crippen molar-refractivity contribution in [3.63, 3.8) is 0 Å². The molecule has 0 aliphatic heterocycles. The van der Waals surface area contributed by atoms with Gasteiger partial charge in [0, 0.05) is 77.2 Å². The van der Waals surface area contributed by atoms with Crippen molar-refractivity contribution in [3.05, 3.63) is 478 Å². The van der Waals surface area contributed by atoms with Crippen LogP contribution in [0.25, 0.3) is 89.0 Å². The predicted molar refractivity (Wildman–Crippen MR) is 528 cm³/mol. The Labute approximate surface area is 736 Å². The molecule has 0 spiro atoms. The van der Waals surface area contributed by atoms with E-state index in [0.717, 1.165) is 99.4 Å². The molecule has 0 radical (unpaired) electrons. The first-order valence-corrected chi connectivity index (χ1v) is 43.3. The Bertz CT molecular complexity index is 5950. The van der Waals surface area contributed by atoms with Gasteiger partial charge in [0.15, 0.2) is 0 Å². The van der Waals surface area contributed by atoms with E-state index < -0.39 is 0 Å². The third-order valence-corrected chi connectivity index (χ3v) is 23.8. The van der Waals surface area contributed by atoms with Crippen LogP contribution in [0, 0.1) is 55.4 Å². The molecule has 18 aromatic carbocycles. The van der Waals surface area contributed by atoms with Gasteiger partial charge in [0.2, 0.25) is 0 Å². The molecule has 18 rings (SSSR count). The van der Waals surface area contributed by atoms with Crippen LogP contribution in [0.1, 0.15) is 44.5 Å². The number of aryl methyl sites for hydroxylation is 8. The number of halogens is 2. The van der Waals surface area contributed by atoms with Gasteiger partial charge in [-0.25, -0.2) is 0 Å². The zero-order valence-corrected chi connectivity index (χ0v) is 73.1. The van der Waals surface area contributed by atoms with Gasteiger partial charge in [0.25, 0.3) is 0 Å². The molecule has 0 heterocycles. The van der Waals surface area contributed by atoms with Crippen molar-refractivity contribution in [2.75, 3.05) is 19.6 Å². The molecule has 0 aliphatic rings. The largest absolute Gasteiger partial charge is 0.310 e. The molecule has 592 valence electrons. The summed E-state index contributed by atoms with van der Waals surface area (Å²) < 4.78 is 2.07. The smallest absolute Gasteiger partial charge is 0.0473 e. The SMILES string of the molecule is Cc1ccc(-c2cc(-c3ccc(C)cc3)cc(N(c3ccc(Br)cc3)c3ccc(N(c4ccc(Br)cc4)c4cc(-c5ccc(C)cc5)cc(-c5ccc(C)cc5)c4)cc3)c2)cc1.Cc1ccc(-c2cc(-c3ccc(C)cc3)cc(N(c3ccccc3)c3ccc(N(c4ccccc4)c4cc(-c5ccc(C)cc5)cc(-c5ccc(C)cc5)c4)cc3)c2)cc1. The van der Waals surface area contributed by atoms with Crippen LogP contribution >= 0.6 is 31.9 Å². The Kier molecular flexibility index (Phi) is 24.0. The maximum Gasteiger partial charge on any atom is 0.0473 e. The predicted octanol–water partition coefficient (Wildman–Crippen LogP) is 34.6. The zero-order valence-electron chi connectivity index (χ0n) is 70.0. The van der Waals surface area contributed by atoms with Crippen molar-refractivity contribution in [2.45, 2.75) is 55.4 Å². The van der Waals surface area contributed by atoms with Gasteiger partial charge in [0.05, 0.1) is 0 Å². The summed E-state index contributed by atoms with van der Waals surface area (Å²) in [5, 5.41) is 0. The van der Waals surface area contributed by atoms with E-state index in [9.17, 15) is 0 Å². The monoisotopic (exact) mass is 1700 g/mol. The third kappa shape index (κ3) is 18.7. The minimum atomic E-state index is 1.04. The minimum absolute atomic E-state index is 1.04. The first-order valence-electron chi connectivity index (χ1n) is 41.7. The van der Waals surface area contributed by atoms with E-state index in [4.69, 9.17) is 0 Å². The second kappa shape index (κ2) is 36.4. The van der Waals surface area contributed by atoms with Crippen LogP contribution in [0.2, 0.25) is 0 Å². The highest BCUT2D eigenvalue weighted by Crippen LogP contribution is 2.48. The molecule has 122 heavy (non-hydrogen) atoms. The molecule has 18 aromatic rings. The summed E-state index contributed by atoms with van der Waals surface area (Å²) in [6.07, 6.45) is 0. The van der Waals surface area contributed by atoms with Crippen LogP contribution in [0.3, 0.4) is 0 Å². The second-order valence-electron chi connectivity index (χ2n) is 32.0. The van der Waals surface area contributed by atoms with E-state index in [2.05, 4.69) is 531 Å². The lowest BCUT2D eigenvalue weighted by Gasteiger charge is -2.29. The Balaban J connectivity index is 0.000000174. The van der Waals surface area contributed by atoms with Crippen LogP contribution < -0.4 is 19.6 Å². The number of hydrogen-bond acceptors (Lipinski definition) is 4. The zero-order chi connectivity index (χ0) is 83.7. The number of nitrogens with zero attached hydrogens (tertiary/aromatic N) is 4. The van der Waals surface area contributed by atoms with Gasteiger partial charge in [-0.2, -0.15) is 0 Å². The average Bonchev–Trinajstić information content (AvgIpc) is 0.772. The van der Waals surface area contributed by atoms with E-state index >= 15 is 0 Å². The van der Waals surface area contributed by atoms with Gasteiger partial charge >= 0.3 is 0 Å². The molecule has 0 N–H and O–H groups in total. The molecule has 0 aromatic heterocycles. The average molecular weight is 1700 g/mol. The first-order chi connectivity index (χ1) is 59.5. The van der Waals surface area contributed by atoms with Crippen LogP contribution in [-0.2, 0) is 0 Å². The van der Waals surface area contributed by atoms with Crippen molar-refractivity contribution in [1.29, 1.82) is 0 Å². The lowest BCUT2D eigenvalue weighted by Crippen LogP contribution is -2.12. The summed E-state index contributed by atoms with van der Waals surface area (Å²) in [4.78, 5) is 9.48. The molecule has 0 fully saturated rings. The maximum absolute atomic E-state index is 3.70. The van der Waals surface area contributed by atoms with Crippen molar-refractivity contribution in [2.24, 2.45) is 0 Å². The van der Waals surface area contributed by atoms with Gasteiger partial charge < -0.3 is 19.6 Å². The number of hydrogen-bond donors (Lipinski definition) is 0. The maximum atomic E-state index is 3.70. The van der Waals surface area contributed by atoms with E-state index in [1.54, 1.807) is 0 Å². The molecular formula is C116H94Br2N4. The summed E-state index contributed by atoms with van der Waals surface area (Å²) >= 11 is 7.39. The van der Waals surface area contributed by atoms with E-state index in [0.29, 0.717) is 0 Å². The van der Waals surface area contributed by atoms with Crippen LogP contribution in [-0.4, -0.2) is 0 Å². The highest BCUT2D eigenvalue weighted by atomic mass is 79.9. The Morgan fingerprint density at radius 2 is 0.254 bits per heavy atom. The second-order valence-corrected chi connectivity index (χ2v) is 33.8. The number of benzene rings is 18. The van der Waals surface area contributed by atoms with Crippen LogP contribution in [0.4, 0.5) is 68.2 Å². The number of rotatable bonds is 20. The standard InChI is InChI=1S/C58H46Br2N2.C58H48N2/c1-39-5-13-43(14-6-39)47-33-48(44-15-7-40(2)8-16-44)36-57(35-47)61(53-25-21-51(59)22-26-53)55-29-31-56(32-30-55)62(54-27-23-52(60)24-28-54)58-37-49(45-17-9-41(3)10-18-45)34-50(38-58)46-19-11-42(4)12-20-46;1-41-15-23-45(24-16-41)49-35-50(46-25-17-42(2)18-26-46)38-57(37-49)59(53-11-7-5-8-12-53)55-31-33-56(34-32-55)60(54-13-9-6-10-14-54)58-39-51(47-27-19-43(3)20-28-47)36-52(40-58)48-29-21-44(4)22-30-48/h5-38H,1-4H3;5-40H,1-4H3. The van der Waals surface area contributed by atoms with Crippen molar-refractivity contribution < 1.29 is 0 Å². The van der Waals surface area contributed by atoms with Crippen molar-refractivity contribution in [3.8, 4) is 89.0 Å². The Hall–Kier alpha value is -13.9. The van der Waals surface area contributed by atoms with Crippen LogP contribution in [0.15, 0.2) is 434 Å². The summed E-state index contributed by atoms with van der Waals surface area (Å²) in [6.45, 7) is 17.1. The molecule has 0 unspecified atom stereocenters. The first kappa shape index (κ1) is 80.5. The lowest BCUT2D eigenvalue weighted by atomic mass is 9.96. The fraction of sp³-hybridized carbons (Fsp3) is 0.0690. The van der Waals surface area contributed by atoms with Gasteiger partial charge in [-0.15, -0.1) is 0 Å². The quantitative estimate of drug-likeness (QED) is 0.0754. The molecular weight excluding hydrogens is 1610 g/mol. The summed E-state index contributed by atoms with van der Waals surface area (Å²) in [5.74, 6) is 0. The molecule has 0 bridgehead atoms. The van der Waals surface area contributed by atoms with E-state index in [-0.39, 0.29) is 0 Å². The molecule has 0 atom stereocenters. The van der Waals surface area contributed by atoms with E-state index in [1.165, 1.54) is 111 Å². The summed E-state index contributed by atoms with van der Waals surface area (Å²) in [5.41, 5.74) is 41.7. The van der Waals surface area contributed by atoms with E-state index in [1.807, 2.05) is 0 Å². The highest BCUT2D eigenvalue weighted by molar-refractivity contribution is 9.10. The topological polar surface area (TPSA) is 13.0 Å². The molecule has 0 amide bonds. The Morgan fingerprint density at radius 3 is 0.402 bits per heavy atom. The van der Waals surface area contributed by atoms with Gasteiger partial charge in [-0.1, -0.05) is 307 Å².